The van der Waals surface area contributed by atoms with Crippen molar-refractivity contribution in [2.45, 2.75) is 4.90 Å². The number of hydrogen-bond acceptors (Lipinski definition) is 3. The van der Waals surface area contributed by atoms with Crippen LogP contribution in [-0.4, -0.2) is 17.8 Å². The number of carbonyl (C=O) groups excluding carboxylic acids is 2. The van der Waals surface area contributed by atoms with Crippen LogP contribution in [0.5, 0.6) is 0 Å². The molecule has 1 heterocycles. The number of carbonyl (C=O) groups is 2. The zero-order valence-corrected chi connectivity index (χ0v) is 8.77. The van der Waals surface area contributed by atoms with Crippen LogP contribution in [0.3, 0.4) is 0 Å². The Bertz CT molecular complexity index is 403. The maximum absolute atomic E-state index is 11.7. The number of rotatable bonds is 1. The topological polar surface area (TPSA) is 34.1 Å². The molecular formula is C10H7ClO2S. The minimum Gasteiger partial charge on any atom is -0.303 e. The molecule has 0 fully saturated rings. The van der Waals surface area contributed by atoms with Gasteiger partial charge in [-0.25, -0.2) is 0 Å². The van der Waals surface area contributed by atoms with Gasteiger partial charge in [0.05, 0.1) is 10.9 Å². The first-order chi connectivity index (χ1) is 6.74. The summed E-state index contributed by atoms with van der Waals surface area (Å²) in [5.74, 6) is -0.124. The van der Waals surface area contributed by atoms with E-state index < -0.39 is 5.92 Å². The van der Waals surface area contributed by atoms with Gasteiger partial charge < -0.3 is 4.79 Å². The van der Waals surface area contributed by atoms with Crippen molar-refractivity contribution in [2.24, 2.45) is 5.92 Å². The predicted octanol–water partition coefficient (Wildman–Crippen LogP) is 2.44. The molecule has 1 unspecified atom stereocenters. The SMILES string of the molecule is O=CC1CSc2c(Cl)cccc2C1=O. The number of ketones is 1. The van der Waals surface area contributed by atoms with E-state index in [9.17, 15) is 9.59 Å². The molecule has 2 rings (SSSR count). The first kappa shape index (κ1) is 9.74. The van der Waals surface area contributed by atoms with Gasteiger partial charge in [0.25, 0.3) is 0 Å². The van der Waals surface area contributed by atoms with Crippen molar-refractivity contribution in [3.8, 4) is 0 Å². The molecule has 0 aromatic heterocycles. The van der Waals surface area contributed by atoms with Crippen molar-refractivity contribution in [1.29, 1.82) is 0 Å². The highest BCUT2D eigenvalue weighted by molar-refractivity contribution is 7.99. The number of Topliss-reactive ketones (excluding diaryl/α,β-unsaturated/α-hetero) is 1. The second-order valence-electron chi connectivity index (χ2n) is 3.03. The van der Waals surface area contributed by atoms with Gasteiger partial charge in [0.1, 0.15) is 6.29 Å². The van der Waals surface area contributed by atoms with Gasteiger partial charge in [-0.15, -0.1) is 11.8 Å². The monoisotopic (exact) mass is 226 g/mol. The van der Waals surface area contributed by atoms with Crippen molar-refractivity contribution in [1.82, 2.24) is 0 Å². The molecule has 0 spiro atoms. The fourth-order valence-corrected chi connectivity index (χ4v) is 2.84. The lowest BCUT2D eigenvalue weighted by Crippen LogP contribution is -2.23. The van der Waals surface area contributed by atoms with Gasteiger partial charge in [-0.3, -0.25) is 4.79 Å². The maximum atomic E-state index is 11.7. The van der Waals surface area contributed by atoms with E-state index in [0.717, 1.165) is 4.90 Å². The minimum absolute atomic E-state index is 0.115. The van der Waals surface area contributed by atoms with Crippen molar-refractivity contribution in [2.75, 3.05) is 5.75 Å². The fourth-order valence-electron chi connectivity index (χ4n) is 1.40. The lowest BCUT2D eigenvalue weighted by atomic mass is 10.00. The Morgan fingerprint density at radius 1 is 1.50 bits per heavy atom. The second kappa shape index (κ2) is 3.75. The molecule has 0 amide bonds. The predicted molar refractivity (Wildman–Crippen MR) is 56.1 cm³/mol. The summed E-state index contributed by atoms with van der Waals surface area (Å²) in [7, 11) is 0. The summed E-state index contributed by atoms with van der Waals surface area (Å²) in [6.45, 7) is 0. The third-order valence-corrected chi connectivity index (χ3v) is 3.82. The summed E-state index contributed by atoms with van der Waals surface area (Å²) in [5.41, 5.74) is 0.575. The number of hydrogen-bond donors (Lipinski definition) is 0. The van der Waals surface area contributed by atoms with Crippen LogP contribution in [0.1, 0.15) is 10.4 Å². The number of thioether (sulfide) groups is 1. The molecule has 2 nitrogen and oxygen atoms in total. The minimum atomic E-state index is -0.508. The van der Waals surface area contributed by atoms with E-state index in [1.165, 1.54) is 11.8 Å². The highest BCUT2D eigenvalue weighted by Gasteiger charge is 2.28. The smallest absolute Gasteiger partial charge is 0.175 e. The van der Waals surface area contributed by atoms with Crippen molar-refractivity contribution in [3.05, 3.63) is 28.8 Å². The van der Waals surface area contributed by atoms with E-state index >= 15 is 0 Å². The Morgan fingerprint density at radius 3 is 3.00 bits per heavy atom. The average molecular weight is 227 g/mol. The molecule has 0 N–H and O–H groups in total. The molecule has 1 atom stereocenters. The Hall–Kier alpha value is -0.800. The molecule has 1 aromatic carbocycles. The molecule has 0 saturated heterocycles. The van der Waals surface area contributed by atoms with Crippen LogP contribution >= 0.6 is 23.4 Å². The third-order valence-electron chi connectivity index (χ3n) is 2.14. The van der Waals surface area contributed by atoms with Gasteiger partial charge in [-0.1, -0.05) is 23.7 Å². The molecule has 1 aliphatic rings. The van der Waals surface area contributed by atoms with E-state index in [-0.39, 0.29) is 5.78 Å². The van der Waals surface area contributed by atoms with E-state index in [2.05, 4.69) is 0 Å². The molecule has 0 saturated carbocycles. The Morgan fingerprint density at radius 2 is 2.29 bits per heavy atom. The summed E-state index contributed by atoms with van der Waals surface area (Å²) in [5, 5.41) is 0.588. The first-order valence-corrected chi connectivity index (χ1v) is 5.51. The Balaban J connectivity index is 2.51. The summed E-state index contributed by atoms with van der Waals surface area (Å²) < 4.78 is 0. The molecule has 1 aromatic rings. The molecule has 0 radical (unpaired) electrons. The summed E-state index contributed by atoms with van der Waals surface area (Å²) >= 11 is 7.40. The van der Waals surface area contributed by atoms with Gasteiger partial charge in [-0.05, 0) is 6.07 Å². The largest absolute Gasteiger partial charge is 0.303 e. The van der Waals surface area contributed by atoms with Crippen LogP contribution in [0.4, 0.5) is 0 Å². The van der Waals surface area contributed by atoms with Gasteiger partial charge in [0, 0.05) is 16.2 Å². The van der Waals surface area contributed by atoms with E-state index in [4.69, 9.17) is 11.6 Å². The van der Waals surface area contributed by atoms with Crippen molar-refractivity contribution < 1.29 is 9.59 Å². The number of halogens is 1. The molecule has 72 valence electrons. The standard InChI is InChI=1S/C10H7ClO2S/c11-8-3-1-2-7-9(13)6(4-12)5-14-10(7)8/h1-4,6H,5H2. The Kier molecular flexibility index (Phi) is 2.61. The van der Waals surface area contributed by atoms with E-state index in [1.54, 1.807) is 18.2 Å². The van der Waals surface area contributed by atoms with Crippen molar-refractivity contribution >= 4 is 35.4 Å². The average Bonchev–Trinajstić information content (AvgIpc) is 2.20. The molecule has 1 aliphatic heterocycles. The number of aldehydes is 1. The maximum Gasteiger partial charge on any atom is 0.175 e. The molecular weight excluding hydrogens is 220 g/mol. The second-order valence-corrected chi connectivity index (χ2v) is 4.47. The van der Waals surface area contributed by atoms with E-state index in [0.29, 0.717) is 22.6 Å². The molecule has 0 bridgehead atoms. The number of benzene rings is 1. The normalized spacial score (nSPS) is 20.4. The number of fused-ring (bicyclic) bond motifs is 1. The highest BCUT2D eigenvalue weighted by Crippen LogP contribution is 2.37. The van der Waals surface area contributed by atoms with Gasteiger partial charge >= 0.3 is 0 Å². The van der Waals surface area contributed by atoms with Gasteiger partial charge in [0.15, 0.2) is 5.78 Å². The first-order valence-electron chi connectivity index (χ1n) is 4.15. The van der Waals surface area contributed by atoms with Gasteiger partial charge in [-0.2, -0.15) is 0 Å². The van der Waals surface area contributed by atoms with Crippen LogP contribution < -0.4 is 0 Å². The third kappa shape index (κ3) is 1.47. The van der Waals surface area contributed by atoms with Gasteiger partial charge in [0.2, 0.25) is 0 Å². The van der Waals surface area contributed by atoms with Crippen LogP contribution in [0.15, 0.2) is 23.1 Å². The molecule has 0 aliphatic carbocycles. The summed E-state index contributed by atoms with van der Waals surface area (Å²) in [4.78, 5) is 23.1. The zero-order chi connectivity index (χ0) is 10.1. The summed E-state index contributed by atoms with van der Waals surface area (Å²) in [6.07, 6.45) is 0.708. The lowest BCUT2D eigenvalue weighted by molar-refractivity contribution is -0.109. The Labute approximate surface area is 90.6 Å². The lowest BCUT2D eigenvalue weighted by Gasteiger charge is -2.19. The zero-order valence-electron chi connectivity index (χ0n) is 7.20. The fraction of sp³-hybridized carbons (Fsp3) is 0.200. The summed E-state index contributed by atoms with van der Waals surface area (Å²) in [6, 6.07) is 5.20. The molecule has 14 heavy (non-hydrogen) atoms. The van der Waals surface area contributed by atoms with Crippen LogP contribution in [0.2, 0.25) is 5.02 Å². The van der Waals surface area contributed by atoms with Crippen LogP contribution in [0, 0.1) is 5.92 Å². The highest BCUT2D eigenvalue weighted by atomic mass is 35.5. The van der Waals surface area contributed by atoms with Crippen LogP contribution in [-0.2, 0) is 4.79 Å². The van der Waals surface area contributed by atoms with E-state index in [1.807, 2.05) is 0 Å². The van der Waals surface area contributed by atoms with Crippen molar-refractivity contribution in [3.63, 3.8) is 0 Å². The van der Waals surface area contributed by atoms with Crippen LogP contribution in [0.25, 0.3) is 0 Å². The molecule has 4 heteroatoms. The quantitative estimate of drug-likeness (QED) is 0.545.